The van der Waals surface area contributed by atoms with Crippen molar-refractivity contribution in [2.24, 2.45) is 5.92 Å². The average Bonchev–Trinajstić information content (AvgIpc) is 3.23. The minimum Gasteiger partial charge on any atom is -0.354 e. The molecule has 0 radical (unpaired) electrons. The second kappa shape index (κ2) is 9.84. The predicted molar refractivity (Wildman–Crippen MR) is 125 cm³/mol. The Morgan fingerprint density at radius 1 is 1.26 bits per heavy atom. The molecule has 1 aromatic carbocycles. The number of benzene rings is 1. The van der Waals surface area contributed by atoms with Crippen LogP contribution >= 0.6 is 11.3 Å². The van der Waals surface area contributed by atoms with E-state index in [-0.39, 0.29) is 35.7 Å². The molecule has 2 amide bonds. The third kappa shape index (κ3) is 5.22. The molecule has 1 saturated heterocycles. The Labute approximate surface area is 197 Å². The largest absolute Gasteiger partial charge is 0.354 e. The van der Waals surface area contributed by atoms with Crippen LogP contribution in [0.15, 0.2) is 29.3 Å². The van der Waals surface area contributed by atoms with E-state index < -0.39 is 23.1 Å². The summed E-state index contributed by atoms with van der Waals surface area (Å²) in [6.45, 7) is 4.70. The van der Waals surface area contributed by atoms with Crippen molar-refractivity contribution in [3.8, 4) is 0 Å². The number of anilines is 2. The number of carbonyl (C=O) groups is 2. The van der Waals surface area contributed by atoms with Crippen molar-refractivity contribution < 1.29 is 18.4 Å². The molecule has 0 unspecified atom stereocenters. The van der Waals surface area contributed by atoms with Crippen molar-refractivity contribution in [1.29, 1.82) is 0 Å². The number of halogens is 2. The van der Waals surface area contributed by atoms with Crippen molar-refractivity contribution in [2.75, 3.05) is 23.3 Å². The first-order valence-electron chi connectivity index (χ1n) is 10.9. The Morgan fingerprint density at radius 3 is 2.79 bits per heavy atom. The average molecular weight is 491 g/mol. The molecule has 180 valence electrons. The van der Waals surface area contributed by atoms with Crippen LogP contribution in [-0.2, 0) is 16.1 Å². The Morgan fingerprint density at radius 2 is 2.06 bits per heavy atom. The van der Waals surface area contributed by atoms with Crippen LogP contribution < -0.4 is 21.1 Å². The van der Waals surface area contributed by atoms with E-state index in [4.69, 9.17) is 0 Å². The molecular formula is C22H24F2N6O3S. The fourth-order valence-electron chi connectivity index (χ4n) is 3.78. The van der Waals surface area contributed by atoms with Gasteiger partial charge in [-0.2, -0.15) is 4.98 Å². The minimum atomic E-state index is -1.09. The number of hydrogen-bond donors (Lipinski definition) is 2. The molecule has 1 aliphatic rings. The van der Waals surface area contributed by atoms with Gasteiger partial charge < -0.3 is 15.5 Å². The number of aromatic nitrogens is 3. The number of hydrogen-bond acceptors (Lipinski definition) is 7. The van der Waals surface area contributed by atoms with E-state index in [1.807, 2.05) is 18.7 Å². The Kier molecular flexibility index (Phi) is 6.87. The van der Waals surface area contributed by atoms with E-state index in [0.717, 1.165) is 36.1 Å². The fraction of sp³-hybridized carbons (Fsp3) is 0.409. The zero-order valence-electron chi connectivity index (χ0n) is 18.7. The van der Waals surface area contributed by atoms with Gasteiger partial charge in [-0.25, -0.2) is 13.8 Å². The first-order chi connectivity index (χ1) is 16.2. The number of carbonyl (C=O) groups excluding carboxylic acids is 2. The Hall–Kier alpha value is -3.41. The van der Waals surface area contributed by atoms with Gasteiger partial charge in [-0.1, -0.05) is 11.3 Å². The summed E-state index contributed by atoms with van der Waals surface area (Å²) >= 11 is 1.17. The minimum absolute atomic E-state index is 0.00772. The van der Waals surface area contributed by atoms with Crippen LogP contribution in [0.25, 0.3) is 10.3 Å². The number of rotatable bonds is 6. The lowest BCUT2D eigenvalue weighted by Gasteiger charge is -2.32. The molecule has 0 aliphatic carbocycles. The molecule has 4 rings (SSSR count). The fourth-order valence-corrected chi connectivity index (χ4v) is 4.78. The molecule has 1 aliphatic heterocycles. The topological polar surface area (TPSA) is 109 Å². The maximum Gasteiger partial charge on any atom is 0.273 e. The van der Waals surface area contributed by atoms with Gasteiger partial charge in [-0.3, -0.25) is 19.0 Å². The highest BCUT2D eigenvalue weighted by Gasteiger charge is 2.28. The van der Waals surface area contributed by atoms with E-state index in [9.17, 15) is 23.2 Å². The third-order valence-electron chi connectivity index (χ3n) is 5.38. The number of fused-ring (bicyclic) bond motifs is 1. The molecule has 2 aromatic heterocycles. The van der Waals surface area contributed by atoms with Crippen LogP contribution in [0.3, 0.4) is 0 Å². The van der Waals surface area contributed by atoms with Crippen molar-refractivity contribution in [1.82, 2.24) is 19.9 Å². The summed E-state index contributed by atoms with van der Waals surface area (Å²) in [7, 11) is 0. The van der Waals surface area contributed by atoms with Gasteiger partial charge in [0.25, 0.3) is 5.56 Å². The molecule has 0 bridgehead atoms. The van der Waals surface area contributed by atoms with Crippen molar-refractivity contribution in [3.63, 3.8) is 0 Å². The van der Waals surface area contributed by atoms with Gasteiger partial charge in [-0.15, -0.1) is 0 Å². The zero-order valence-corrected chi connectivity index (χ0v) is 19.5. The second-order valence-electron chi connectivity index (χ2n) is 8.45. The standard InChI is InChI=1S/C22H24F2N6O3S/c1-12(2)26-20(32)13-4-3-7-29(9-13)22-28-19-18(34-22)21(33)30(11-25-19)10-17(31)27-14-5-6-15(23)16(24)8-14/h5-6,8,11-13H,3-4,7,9-10H2,1-2H3,(H,26,32)(H,27,31)/t13-/m0/s1. The van der Waals surface area contributed by atoms with Crippen molar-refractivity contribution >= 4 is 44.3 Å². The van der Waals surface area contributed by atoms with Crippen LogP contribution in [0.4, 0.5) is 19.6 Å². The van der Waals surface area contributed by atoms with Gasteiger partial charge in [-0.05, 0) is 38.8 Å². The van der Waals surface area contributed by atoms with Crippen LogP contribution in [0.1, 0.15) is 26.7 Å². The van der Waals surface area contributed by atoms with Gasteiger partial charge in [0.05, 0.1) is 5.92 Å². The van der Waals surface area contributed by atoms with Crippen LogP contribution in [0.2, 0.25) is 0 Å². The lowest BCUT2D eigenvalue weighted by Crippen LogP contribution is -2.44. The van der Waals surface area contributed by atoms with Crippen molar-refractivity contribution in [3.05, 3.63) is 46.5 Å². The van der Waals surface area contributed by atoms with E-state index in [2.05, 4.69) is 20.6 Å². The highest BCUT2D eigenvalue weighted by atomic mass is 32.1. The molecule has 0 saturated carbocycles. The lowest BCUT2D eigenvalue weighted by atomic mass is 9.97. The monoisotopic (exact) mass is 490 g/mol. The SMILES string of the molecule is CC(C)NC(=O)[C@H]1CCCN(c2nc3ncn(CC(=O)Nc4ccc(F)c(F)c4)c(=O)c3s2)C1. The van der Waals surface area contributed by atoms with Crippen molar-refractivity contribution in [2.45, 2.75) is 39.3 Å². The highest BCUT2D eigenvalue weighted by molar-refractivity contribution is 7.22. The van der Waals surface area contributed by atoms with Crippen LogP contribution in [0.5, 0.6) is 0 Å². The summed E-state index contributed by atoms with van der Waals surface area (Å²) in [6, 6.07) is 3.05. The first kappa shape index (κ1) is 23.7. The van der Waals surface area contributed by atoms with Gasteiger partial charge >= 0.3 is 0 Å². The van der Waals surface area contributed by atoms with E-state index in [1.54, 1.807) is 0 Å². The van der Waals surface area contributed by atoms with E-state index >= 15 is 0 Å². The smallest absolute Gasteiger partial charge is 0.273 e. The van der Waals surface area contributed by atoms with Gasteiger partial charge in [0.15, 0.2) is 22.4 Å². The zero-order chi connectivity index (χ0) is 24.4. The molecule has 3 aromatic rings. The quantitative estimate of drug-likeness (QED) is 0.550. The first-order valence-corrected chi connectivity index (χ1v) is 11.7. The normalized spacial score (nSPS) is 16.1. The van der Waals surface area contributed by atoms with E-state index in [1.165, 1.54) is 23.7 Å². The van der Waals surface area contributed by atoms with Gasteiger partial charge in [0.2, 0.25) is 11.8 Å². The van der Waals surface area contributed by atoms with Gasteiger partial charge in [0.1, 0.15) is 17.6 Å². The van der Waals surface area contributed by atoms with Crippen LogP contribution in [-0.4, -0.2) is 45.5 Å². The predicted octanol–water partition coefficient (Wildman–Crippen LogP) is 2.51. The van der Waals surface area contributed by atoms with Gasteiger partial charge in [0, 0.05) is 30.9 Å². The summed E-state index contributed by atoms with van der Waals surface area (Å²) in [6.07, 6.45) is 2.85. The Balaban J connectivity index is 1.49. The number of nitrogens with zero attached hydrogens (tertiary/aromatic N) is 4. The maximum atomic E-state index is 13.4. The number of thiazole rings is 1. The van der Waals surface area contributed by atoms with Crippen LogP contribution in [0, 0.1) is 17.6 Å². The van der Waals surface area contributed by atoms with E-state index in [0.29, 0.717) is 16.4 Å². The lowest BCUT2D eigenvalue weighted by molar-refractivity contribution is -0.125. The molecule has 9 nitrogen and oxygen atoms in total. The summed E-state index contributed by atoms with van der Waals surface area (Å²) < 4.78 is 27.8. The molecule has 0 spiro atoms. The maximum absolute atomic E-state index is 13.4. The highest BCUT2D eigenvalue weighted by Crippen LogP contribution is 2.29. The second-order valence-corrected chi connectivity index (χ2v) is 9.43. The molecule has 1 fully saturated rings. The molecule has 12 heteroatoms. The summed E-state index contributed by atoms with van der Waals surface area (Å²) in [5.41, 5.74) is -0.0801. The summed E-state index contributed by atoms with van der Waals surface area (Å²) in [5.74, 6) is -2.85. The molecule has 34 heavy (non-hydrogen) atoms. The molecule has 2 N–H and O–H groups in total. The summed E-state index contributed by atoms with van der Waals surface area (Å²) in [4.78, 5) is 48.3. The molecule has 3 heterocycles. The molecule has 1 atom stereocenters. The number of nitrogens with one attached hydrogen (secondary N) is 2. The molecular weight excluding hydrogens is 466 g/mol. The third-order valence-corrected chi connectivity index (χ3v) is 6.48. The number of amides is 2. The Bertz CT molecular complexity index is 1290. The number of piperidine rings is 1. The summed E-state index contributed by atoms with van der Waals surface area (Å²) in [5, 5.41) is 5.97.